The third-order valence-corrected chi connectivity index (χ3v) is 5.09. The van der Waals surface area contributed by atoms with E-state index in [0.29, 0.717) is 6.54 Å². The van der Waals surface area contributed by atoms with Gasteiger partial charge in [-0.15, -0.1) is 0 Å². The number of nitro benzene ring substituents is 1. The maximum absolute atomic E-state index is 12.4. The van der Waals surface area contributed by atoms with E-state index in [-0.39, 0.29) is 22.3 Å². The number of benzene rings is 1. The van der Waals surface area contributed by atoms with Crippen LogP contribution in [0.25, 0.3) is 0 Å². The summed E-state index contributed by atoms with van der Waals surface area (Å²) in [7, 11) is -3.62. The quantitative estimate of drug-likeness (QED) is 0.499. The average molecular weight is 285 g/mol. The number of anilines is 1. The molecule has 1 saturated carbocycles. The van der Waals surface area contributed by atoms with Gasteiger partial charge in [-0.05, 0) is 25.0 Å². The largest absolute Gasteiger partial charge is 0.393 e. The van der Waals surface area contributed by atoms with Crippen LogP contribution >= 0.6 is 0 Å². The number of nitrogen functional groups attached to an aromatic ring is 1. The molecule has 0 saturated heterocycles. The van der Waals surface area contributed by atoms with Crippen LogP contribution < -0.4 is 5.73 Å². The standard InChI is InChI=1S/C11H15N3O4S/c1-2-13(8-3-4-8)19(17,18)9-5-6-11(14(15)16)10(12)7-9/h5-8H,2-4,12H2,1H3. The number of hydrogen-bond donors (Lipinski definition) is 1. The van der Waals surface area contributed by atoms with Gasteiger partial charge in [0.05, 0.1) is 9.82 Å². The van der Waals surface area contributed by atoms with Crippen molar-refractivity contribution in [1.29, 1.82) is 0 Å². The first-order valence-corrected chi connectivity index (χ1v) is 7.37. The lowest BCUT2D eigenvalue weighted by atomic mass is 10.3. The van der Waals surface area contributed by atoms with Gasteiger partial charge in [0.25, 0.3) is 5.69 Å². The SMILES string of the molecule is CCN(C1CC1)S(=O)(=O)c1ccc([N+](=O)[O-])c(N)c1. The summed E-state index contributed by atoms with van der Waals surface area (Å²) in [5.41, 5.74) is 5.10. The Labute approximate surface area is 111 Å². The molecule has 0 bridgehead atoms. The number of nitrogens with two attached hydrogens (primary N) is 1. The van der Waals surface area contributed by atoms with Crippen LogP contribution in [0.5, 0.6) is 0 Å². The van der Waals surface area contributed by atoms with Gasteiger partial charge in [0, 0.05) is 18.7 Å². The molecule has 0 radical (unpaired) electrons. The monoisotopic (exact) mass is 285 g/mol. The Morgan fingerprint density at radius 1 is 1.47 bits per heavy atom. The minimum Gasteiger partial charge on any atom is -0.393 e. The van der Waals surface area contributed by atoms with Gasteiger partial charge in [0.1, 0.15) is 5.69 Å². The van der Waals surface area contributed by atoms with Gasteiger partial charge < -0.3 is 5.73 Å². The number of sulfonamides is 1. The van der Waals surface area contributed by atoms with Crippen LogP contribution in [0.1, 0.15) is 19.8 Å². The minimum atomic E-state index is -3.62. The molecule has 0 atom stereocenters. The lowest BCUT2D eigenvalue weighted by Gasteiger charge is -2.20. The van der Waals surface area contributed by atoms with Crippen LogP contribution in [-0.2, 0) is 10.0 Å². The van der Waals surface area contributed by atoms with Gasteiger partial charge in [-0.1, -0.05) is 6.92 Å². The van der Waals surface area contributed by atoms with Gasteiger partial charge in [0.15, 0.2) is 0 Å². The van der Waals surface area contributed by atoms with E-state index in [9.17, 15) is 18.5 Å². The summed E-state index contributed by atoms with van der Waals surface area (Å²) in [5, 5.41) is 10.7. The number of rotatable bonds is 5. The average Bonchev–Trinajstić information content (AvgIpc) is 3.13. The molecule has 104 valence electrons. The molecule has 1 aliphatic rings. The molecular formula is C11H15N3O4S. The van der Waals surface area contributed by atoms with Crippen molar-refractivity contribution in [3.8, 4) is 0 Å². The van der Waals surface area contributed by atoms with Gasteiger partial charge in [-0.2, -0.15) is 4.31 Å². The van der Waals surface area contributed by atoms with E-state index in [0.717, 1.165) is 25.0 Å². The second-order valence-corrected chi connectivity index (χ2v) is 6.31. The first kappa shape index (κ1) is 13.8. The van der Waals surface area contributed by atoms with Gasteiger partial charge in [-0.25, -0.2) is 8.42 Å². The second kappa shape index (κ2) is 4.78. The molecule has 1 aromatic carbocycles. The van der Waals surface area contributed by atoms with Crippen molar-refractivity contribution in [2.75, 3.05) is 12.3 Å². The van der Waals surface area contributed by atoms with E-state index in [2.05, 4.69) is 0 Å². The molecular weight excluding hydrogens is 270 g/mol. The van der Waals surface area contributed by atoms with Crippen molar-refractivity contribution in [3.63, 3.8) is 0 Å². The highest BCUT2D eigenvalue weighted by Gasteiger charge is 2.37. The van der Waals surface area contributed by atoms with Crippen LogP contribution in [0.4, 0.5) is 11.4 Å². The van der Waals surface area contributed by atoms with E-state index in [1.54, 1.807) is 6.92 Å². The lowest BCUT2D eigenvalue weighted by molar-refractivity contribution is -0.383. The Morgan fingerprint density at radius 2 is 2.11 bits per heavy atom. The van der Waals surface area contributed by atoms with E-state index in [1.807, 2.05) is 0 Å². The predicted octanol–water partition coefficient (Wildman–Crippen LogP) is 1.35. The molecule has 1 aliphatic carbocycles. The van der Waals surface area contributed by atoms with E-state index in [4.69, 9.17) is 5.73 Å². The van der Waals surface area contributed by atoms with Crippen LogP contribution in [0, 0.1) is 10.1 Å². The maximum Gasteiger partial charge on any atom is 0.292 e. The van der Waals surface area contributed by atoms with Crippen LogP contribution in [0.15, 0.2) is 23.1 Å². The fraction of sp³-hybridized carbons (Fsp3) is 0.455. The molecule has 2 rings (SSSR count). The highest BCUT2D eigenvalue weighted by atomic mass is 32.2. The normalized spacial score (nSPS) is 15.7. The van der Waals surface area contributed by atoms with Crippen molar-refractivity contribution >= 4 is 21.4 Å². The van der Waals surface area contributed by atoms with E-state index >= 15 is 0 Å². The number of nitro groups is 1. The van der Waals surface area contributed by atoms with E-state index < -0.39 is 14.9 Å². The zero-order valence-electron chi connectivity index (χ0n) is 10.4. The first-order chi connectivity index (χ1) is 8.87. The Morgan fingerprint density at radius 3 is 2.53 bits per heavy atom. The molecule has 1 fully saturated rings. The predicted molar refractivity (Wildman–Crippen MR) is 70.1 cm³/mol. The number of nitrogens with zero attached hydrogens (tertiary/aromatic N) is 2. The number of hydrogen-bond acceptors (Lipinski definition) is 5. The molecule has 0 amide bonds. The van der Waals surface area contributed by atoms with Gasteiger partial charge >= 0.3 is 0 Å². The Hall–Kier alpha value is -1.67. The second-order valence-electron chi connectivity index (χ2n) is 4.42. The Balaban J connectivity index is 2.40. The lowest BCUT2D eigenvalue weighted by Crippen LogP contribution is -2.32. The first-order valence-electron chi connectivity index (χ1n) is 5.93. The summed E-state index contributed by atoms with van der Waals surface area (Å²) in [6.45, 7) is 2.15. The summed E-state index contributed by atoms with van der Waals surface area (Å²) in [6.07, 6.45) is 1.71. The zero-order chi connectivity index (χ0) is 14.2. The summed E-state index contributed by atoms with van der Waals surface area (Å²) in [5.74, 6) is 0. The van der Waals surface area contributed by atoms with Crippen molar-refractivity contribution in [3.05, 3.63) is 28.3 Å². The van der Waals surface area contributed by atoms with E-state index in [1.165, 1.54) is 10.4 Å². The van der Waals surface area contributed by atoms with Crippen molar-refractivity contribution in [2.45, 2.75) is 30.7 Å². The van der Waals surface area contributed by atoms with Gasteiger partial charge in [-0.3, -0.25) is 10.1 Å². The van der Waals surface area contributed by atoms with Crippen LogP contribution in [-0.4, -0.2) is 30.2 Å². The molecule has 0 aliphatic heterocycles. The summed E-state index contributed by atoms with van der Waals surface area (Å²) in [6, 6.07) is 3.56. The summed E-state index contributed by atoms with van der Waals surface area (Å²) < 4.78 is 26.2. The van der Waals surface area contributed by atoms with Crippen LogP contribution in [0.3, 0.4) is 0 Å². The van der Waals surface area contributed by atoms with Gasteiger partial charge in [0.2, 0.25) is 10.0 Å². The van der Waals surface area contributed by atoms with Crippen molar-refractivity contribution in [1.82, 2.24) is 4.31 Å². The topological polar surface area (TPSA) is 107 Å². The Kier molecular flexibility index (Phi) is 3.46. The molecule has 19 heavy (non-hydrogen) atoms. The molecule has 2 N–H and O–H groups in total. The Bertz CT molecular complexity index is 610. The smallest absolute Gasteiger partial charge is 0.292 e. The minimum absolute atomic E-state index is 0.00403. The molecule has 0 spiro atoms. The van der Waals surface area contributed by atoms with Crippen LogP contribution in [0.2, 0.25) is 0 Å². The molecule has 8 heteroatoms. The molecule has 0 heterocycles. The summed E-state index contributed by atoms with van der Waals surface area (Å²) >= 11 is 0. The highest BCUT2D eigenvalue weighted by Crippen LogP contribution is 2.33. The molecule has 0 aromatic heterocycles. The molecule has 7 nitrogen and oxygen atoms in total. The fourth-order valence-electron chi connectivity index (χ4n) is 1.98. The third-order valence-electron chi connectivity index (χ3n) is 3.07. The zero-order valence-corrected chi connectivity index (χ0v) is 11.3. The van der Waals surface area contributed by atoms with Crippen molar-refractivity contribution in [2.24, 2.45) is 0 Å². The summed E-state index contributed by atoms with van der Waals surface area (Å²) in [4.78, 5) is 10.0. The third kappa shape index (κ3) is 2.54. The molecule has 0 unspecified atom stereocenters. The fourth-order valence-corrected chi connectivity index (χ4v) is 3.71. The highest BCUT2D eigenvalue weighted by molar-refractivity contribution is 7.89. The maximum atomic E-state index is 12.4. The molecule has 1 aromatic rings. The van der Waals surface area contributed by atoms with Crippen molar-refractivity contribution < 1.29 is 13.3 Å².